The van der Waals surface area contributed by atoms with Crippen molar-refractivity contribution < 1.29 is 23.7 Å². The molecule has 22 heavy (non-hydrogen) atoms. The fourth-order valence-electron chi connectivity index (χ4n) is 2.47. The van der Waals surface area contributed by atoms with Crippen molar-refractivity contribution in [2.75, 3.05) is 27.9 Å². The SMILES string of the molecule is CCOC(=O)CCC(CC)c1cc(OC)c(OC)c(OC)c1. The minimum Gasteiger partial charge on any atom is -0.493 e. The van der Waals surface area contributed by atoms with Gasteiger partial charge in [-0.25, -0.2) is 0 Å². The third kappa shape index (κ3) is 4.55. The molecular formula is C17H26O5. The Hall–Kier alpha value is -1.91. The number of carbonyl (C=O) groups is 1. The average molecular weight is 310 g/mol. The molecule has 5 heteroatoms. The van der Waals surface area contributed by atoms with Crippen LogP contribution in [-0.4, -0.2) is 33.9 Å². The van der Waals surface area contributed by atoms with E-state index in [1.807, 2.05) is 19.1 Å². The first-order chi connectivity index (χ1) is 10.6. The highest BCUT2D eigenvalue weighted by atomic mass is 16.5. The number of carbonyl (C=O) groups excluding carboxylic acids is 1. The molecule has 0 saturated heterocycles. The molecule has 0 radical (unpaired) electrons. The molecule has 1 rings (SSSR count). The van der Waals surface area contributed by atoms with Crippen LogP contribution in [0.2, 0.25) is 0 Å². The lowest BCUT2D eigenvalue weighted by Crippen LogP contribution is -2.07. The zero-order valence-corrected chi connectivity index (χ0v) is 14.1. The maximum Gasteiger partial charge on any atom is 0.305 e. The average Bonchev–Trinajstić information content (AvgIpc) is 2.54. The molecule has 5 nitrogen and oxygen atoms in total. The molecule has 0 amide bonds. The van der Waals surface area contributed by atoms with Crippen LogP contribution in [0.25, 0.3) is 0 Å². The van der Waals surface area contributed by atoms with Gasteiger partial charge in [0.25, 0.3) is 0 Å². The maximum atomic E-state index is 11.5. The van der Waals surface area contributed by atoms with E-state index in [1.54, 1.807) is 21.3 Å². The monoisotopic (exact) mass is 310 g/mol. The van der Waals surface area contributed by atoms with Crippen LogP contribution in [0, 0.1) is 0 Å². The van der Waals surface area contributed by atoms with Gasteiger partial charge in [0, 0.05) is 6.42 Å². The lowest BCUT2D eigenvalue weighted by Gasteiger charge is -2.19. The number of hydrogen-bond acceptors (Lipinski definition) is 5. The van der Waals surface area contributed by atoms with Crippen LogP contribution in [0.5, 0.6) is 17.2 Å². The van der Waals surface area contributed by atoms with E-state index in [0.717, 1.165) is 18.4 Å². The van der Waals surface area contributed by atoms with Crippen LogP contribution in [0.1, 0.15) is 44.6 Å². The summed E-state index contributed by atoms with van der Waals surface area (Å²) in [7, 11) is 4.78. The van der Waals surface area contributed by atoms with Crippen molar-refractivity contribution in [3.05, 3.63) is 17.7 Å². The summed E-state index contributed by atoms with van der Waals surface area (Å²) in [5.74, 6) is 1.92. The molecule has 0 saturated carbocycles. The number of methoxy groups -OCH3 is 3. The molecule has 0 N–H and O–H groups in total. The van der Waals surface area contributed by atoms with E-state index >= 15 is 0 Å². The first-order valence-corrected chi connectivity index (χ1v) is 7.56. The summed E-state index contributed by atoms with van der Waals surface area (Å²) in [6, 6.07) is 3.89. The molecule has 0 aliphatic carbocycles. The lowest BCUT2D eigenvalue weighted by atomic mass is 9.91. The van der Waals surface area contributed by atoms with Crippen molar-refractivity contribution >= 4 is 5.97 Å². The van der Waals surface area contributed by atoms with Gasteiger partial charge in [-0.2, -0.15) is 0 Å². The van der Waals surface area contributed by atoms with Gasteiger partial charge in [0.1, 0.15) is 0 Å². The zero-order chi connectivity index (χ0) is 16.5. The third-order valence-corrected chi connectivity index (χ3v) is 3.65. The van der Waals surface area contributed by atoms with Gasteiger partial charge in [0.15, 0.2) is 11.5 Å². The topological polar surface area (TPSA) is 54.0 Å². The largest absolute Gasteiger partial charge is 0.493 e. The second-order valence-corrected chi connectivity index (χ2v) is 4.91. The van der Waals surface area contributed by atoms with Gasteiger partial charge in [-0.15, -0.1) is 0 Å². The second kappa shape index (κ2) is 9.18. The van der Waals surface area contributed by atoms with Crippen molar-refractivity contribution in [3.8, 4) is 17.2 Å². The lowest BCUT2D eigenvalue weighted by molar-refractivity contribution is -0.143. The number of benzene rings is 1. The Morgan fingerprint density at radius 3 is 2.05 bits per heavy atom. The summed E-state index contributed by atoms with van der Waals surface area (Å²) >= 11 is 0. The van der Waals surface area contributed by atoms with Crippen molar-refractivity contribution in [1.82, 2.24) is 0 Å². The predicted octanol–water partition coefficient (Wildman–Crippen LogP) is 3.55. The summed E-state index contributed by atoms with van der Waals surface area (Å²) < 4.78 is 21.1. The summed E-state index contributed by atoms with van der Waals surface area (Å²) in [4.78, 5) is 11.5. The first kappa shape index (κ1) is 18.1. The molecule has 1 atom stereocenters. The van der Waals surface area contributed by atoms with Crippen LogP contribution in [0.15, 0.2) is 12.1 Å². The van der Waals surface area contributed by atoms with E-state index in [0.29, 0.717) is 30.3 Å². The molecule has 0 bridgehead atoms. The summed E-state index contributed by atoms with van der Waals surface area (Å²) in [6.45, 7) is 4.33. The van der Waals surface area contributed by atoms with Gasteiger partial charge in [0.05, 0.1) is 27.9 Å². The minimum atomic E-state index is -0.159. The fraction of sp³-hybridized carbons (Fsp3) is 0.588. The van der Waals surface area contributed by atoms with Crippen molar-refractivity contribution in [2.45, 2.75) is 39.0 Å². The molecule has 0 fully saturated rings. The Morgan fingerprint density at radius 2 is 1.64 bits per heavy atom. The van der Waals surface area contributed by atoms with E-state index in [9.17, 15) is 4.79 Å². The van der Waals surface area contributed by atoms with Gasteiger partial charge < -0.3 is 18.9 Å². The molecular weight excluding hydrogens is 284 g/mol. The van der Waals surface area contributed by atoms with E-state index in [2.05, 4.69) is 6.92 Å². The predicted molar refractivity (Wildman–Crippen MR) is 85.0 cm³/mol. The Morgan fingerprint density at radius 1 is 1.05 bits per heavy atom. The van der Waals surface area contributed by atoms with Gasteiger partial charge in [-0.05, 0) is 43.4 Å². The third-order valence-electron chi connectivity index (χ3n) is 3.65. The minimum absolute atomic E-state index is 0.159. The number of rotatable bonds is 9. The highest BCUT2D eigenvalue weighted by Crippen LogP contribution is 2.41. The van der Waals surface area contributed by atoms with E-state index in [-0.39, 0.29) is 11.9 Å². The van der Waals surface area contributed by atoms with Gasteiger partial charge in [-0.1, -0.05) is 6.92 Å². The molecule has 0 aliphatic rings. The molecule has 1 aromatic rings. The number of ether oxygens (including phenoxy) is 4. The second-order valence-electron chi connectivity index (χ2n) is 4.91. The van der Waals surface area contributed by atoms with Gasteiger partial charge >= 0.3 is 5.97 Å². The molecule has 0 aliphatic heterocycles. The fourth-order valence-corrected chi connectivity index (χ4v) is 2.47. The maximum absolute atomic E-state index is 11.5. The van der Waals surface area contributed by atoms with Crippen molar-refractivity contribution in [2.24, 2.45) is 0 Å². The Kier molecular flexibility index (Phi) is 7.57. The van der Waals surface area contributed by atoms with E-state index < -0.39 is 0 Å². The summed E-state index contributed by atoms with van der Waals surface area (Å²) in [5, 5.41) is 0. The molecule has 1 unspecified atom stereocenters. The Labute approximate surface area is 132 Å². The first-order valence-electron chi connectivity index (χ1n) is 7.56. The molecule has 1 aromatic carbocycles. The van der Waals surface area contributed by atoms with Crippen LogP contribution in [0.3, 0.4) is 0 Å². The Bertz CT molecular complexity index is 459. The van der Waals surface area contributed by atoms with Crippen molar-refractivity contribution in [3.63, 3.8) is 0 Å². The normalized spacial score (nSPS) is 11.7. The van der Waals surface area contributed by atoms with Crippen molar-refractivity contribution in [1.29, 1.82) is 0 Å². The Balaban J connectivity index is 2.98. The highest BCUT2D eigenvalue weighted by molar-refractivity contribution is 5.69. The molecule has 0 aromatic heterocycles. The van der Waals surface area contributed by atoms with Crippen LogP contribution in [-0.2, 0) is 9.53 Å². The van der Waals surface area contributed by atoms with Crippen LogP contribution >= 0.6 is 0 Å². The highest BCUT2D eigenvalue weighted by Gasteiger charge is 2.19. The smallest absolute Gasteiger partial charge is 0.305 e. The number of hydrogen-bond donors (Lipinski definition) is 0. The standard InChI is InChI=1S/C17H26O5/c1-6-12(8-9-16(18)22-7-2)13-10-14(19-3)17(21-5)15(11-13)20-4/h10-12H,6-9H2,1-5H3. The quantitative estimate of drug-likeness (QED) is 0.653. The molecule has 0 heterocycles. The van der Waals surface area contributed by atoms with E-state index in [4.69, 9.17) is 18.9 Å². The van der Waals surface area contributed by atoms with Gasteiger partial charge in [-0.3, -0.25) is 4.79 Å². The van der Waals surface area contributed by atoms with Crippen LogP contribution in [0.4, 0.5) is 0 Å². The van der Waals surface area contributed by atoms with Crippen LogP contribution < -0.4 is 14.2 Å². The molecule has 0 spiro atoms. The summed E-state index contributed by atoms with van der Waals surface area (Å²) in [5.41, 5.74) is 1.07. The van der Waals surface area contributed by atoms with Gasteiger partial charge in [0.2, 0.25) is 5.75 Å². The summed E-state index contributed by atoms with van der Waals surface area (Å²) in [6.07, 6.45) is 2.05. The van der Waals surface area contributed by atoms with E-state index in [1.165, 1.54) is 0 Å². The number of esters is 1. The zero-order valence-electron chi connectivity index (χ0n) is 14.1. The molecule has 124 valence electrons.